The van der Waals surface area contributed by atoms with Crippen molar-refractivity contribution in [3.63, 3.8) is 0 Å². The van der Waals surface area contributed by atoms with Crippen LogP contribution in [0.2, 0.25) is 0 Å². The average molecular weight is 176 g/mol. The van der Waals surface area contributed by atoms with Crippen molar-refractivity contribution in [2.75, 3.05) is 6.61 Å². The molecular formula is C11H12O2. The minimum absolute atomic E-state index is 0.300. The molecule has 0 amide bonds. The van der Waals surface area contributed by atoms with Gasteiger partial charge in [-0.25, -0.2) is 4.79 Å². The van der Waals surface area contributed by atoms with E-state index in [4.69, 9.17) is 4.74 Å². The molecule has 0 N–H and O–H groups in total. The summed E-state index contributed by atoms with van der Waals surface area (Å²) >= 11 is 0. The van der Waals surface area contributed by atoms with Crippen LogP contribution < -0.4 is 0 Å². The van der Waals surface area contributed by atoms with Gasteiger partial charge in [0.15, 0.2) is 0 Å². The topological polar surface area (TPSA) is 26.3 Å². The highest BCUT2D eigenvalue weighted by Crippen LogP contribution is 2.00. The fourth-order valence-corrected chi connectivity index (χ4v) is 0.919. The van der Waals surface area contributed by atoms with Gasteiger partial charge < -0.3 is 4.74 Å². The van der Waals surface area contributed by atoms with Gasteiger partial charge in [0, 0.05) is 6.08 Å². The molecule has 0 aliphatic carbocycles. The van der Waals surface area contributed by atoms with E-state index in [1.807, 2.05) is 30.3 Å². The Morgan fingerprint density at radius 2 is 2.08 bits per heavy atom. The van der Waals surface area contributed by atoms with Crippen LogP contribution in [0.5, 0.6) is 0 Å². The van der Waals surface area contributed by atoms with Crippen LogP contribution in [0.1, 0.15) is 12.5 Å². The van der Waals surface area contributed by atoms with Gasteiger partial charge in [0.25, 0.3) is 0 Å². The average Bonchev–Trinajstić information content (AvgIpc) is 2.17. The molecule has 13 heavy (non-hydrogen) atoms. The zero-order valence-electron chi connectivity index (χ0n) is 7.57. The summed E-state index contributed by atoms with van der Waals surface area (Å²) in [6, 6.07) is 9.63. The Morgan fingerprint density at radius 1 is 1.38 bits per heavy atom. The summed E-state index contributed by atoms with van der Waals surface area (Å²) in [5.74, 6) is -0.300. The summed E-state index contributed by atoms with van der Waals surface area (Å²) in [7, 11) is 0. The maximum absolute atomic E-state index is 10.9. The van der Waals surface area contributed by atoms with Crippen molar-refractivity contribution in [3.05, 3.63) is 42.0 Å². The first-order chi connectivity index (χ1) is 6.33. The van der Waals surface area contributed by atoms with Crippen LogP contribution in [-0.2, 0) is 9.53 Å². The zero-order valence-corrected chi connectivity index (χ0v) is 7.57. The number of benzene rings is 1. The second-order valence-electron chi connectivity index (χ2n) is 2.50. The van der Waals surface area contributed by atoms with Crippen molar-refractivity contribution < 1.29 is 9.53 Å². The highest BCUT2D eigenvalue weighted by atomic mass is 16.5. The minimum atomic E-state index is -0.300. The fraction of sp³-hybridized carbons (Fsp3) is 0.182. The first-order valence-corrected chi connectivity index (χ1v) is 4.23. The van der Waals surface area contributed by atoms with Gasteiger partial charge in [0.2, 0.25) is 0 Å². The summed E-state index contributed by atoms with van der Waals surface area (Å²) in [5, 5.41) is 0. The second kappa shape index (κ2) is 5.14. The predicted octanol–water partition coefficient (Wildman–Crippen LogP) is 2.26. The van der Waals surface area contributed by atoms with E-state index in [1.165, 1.54) is 6.08 Å². The molecule has 0 fully saturated rings. The van der Waals surface area contributed by atoms with Crippen LogP contribution in [0.3, 0.4) is 0 Å². The van der Waals surface area contributed by atoms with Crippen LogP contribution in [0.4, 0.5) is 0 Å². The van der Waals surface area contributed by atoms with E-state index in [-0.39, 0.29) is 5.97 Å². The number of esters is 1. The van der Waals surface area contributed by atoms with E-state index >= 15 is 0 Å². The molecule has 0 radical (unpaired) electrons. The highest BCUT2D eigenvalue weighted by molar-refractivity contribution is 5.86. The Morgan fingerprint density at radius 3 is 2.69 bits per heavy atom. The zero-order chi connectivity index (χ0) is 9.52. The molecule has 0 saturated heterocycles. The number of carbonyl (C=O) groups is 1. The third-order valence-electron chi connectivity index (χ3n) is 1.50. The minimum Gasteiger partial charge on any atom is -0.463 e. The molecule has 0 aliphatic heterocycles. The van der Waals surface area contributed by atoms with Crippen molar-refractivity contribution in [2.24, 2.45) is 0 Å². The maximum Gasteiger partial charge on any atom is 0.330 e. The standard InChI is InChI=1S/C11H12O2/c1-2-13-11(12)9-8-10-6-4-3-5-7-10/h3-9H,2H2,1H3/b9-8-. The lowest BCUT2D eigenvalue weighted by atomic mass is 10.2. The Labute approximate surface area is 77.8 Å². The van der Waals surface area contributed by atoms with Crippen LogP contribution in [0, 0.1) is 0 Å². The van der Waals surface area contributed by atoms with Gasteiger partial charge in [-0.3, -0.25) is 0 Å². The van der Waals surface area contributed by atoms with E-state index in [1.54, 1.807) is 13.0 Å². The molecule has 0 atom stereocenters. The van der Waals surface area contributed by atoms with Crippen molar-refractivity contribution in [1.82, 2.24) is 0 Å². The lowest BCUT2D eigenvalue weighted by Crippen LogP contribution is -1.98. The summed E-state index contributed by atoms with van der Waals surface area (Å²) in [6.07, 6.45) is 3.16. The number of hydrogen-bond acceptors (Lipinski definition) is 2. The van der Waals surface area contributed by atoms with Crippen LogP contribution >= 0.6 is 0 Å². The van der Waals surface area contributed by atoms with Crippen LogP contribution in [-0.4, -0.2) is 12.6 Å². The van der Waals surface area contributed by atoms with Gasteiger partial charge >= 0.3 is 5.97 Å². The Balaban J connectivity index is 2.54. The SMILES string of the molecule is CCOC(=O)/C=C\c1ccccc1. The molecule has 0 unspecified atom stereocenters. The maximum atomic E-state index is 10.9. The molecule has 2 heteroatoms. The van der Waals surface area contributed by atoms with E-state index in [2.05, 4.69) is 0 Å². The fourth-order valence-electron chi connectivity index (χ4n) is 0.919. The lowest BCUT2D eigenvalue weighted by Gasteiger charge is -1.94. The molecule has 1 aromatic rings. The molecule has 0 saturated carbocycles. The van der Waals surface area contributed by atoms with Crippen molar-refractivity contribution in [2.45, 2.75) is 6.92 Å². The molecule has 0 heterocycles. The molecule has 0 aliphatic rings. The van der Waals surface area contributed by atoms with Gasteiger partial charge in [-0.2, -0.15) is 0 Å². The van der Waals surface area contributed by atoms with Crippen molar-refractivity contribution in [1.29, 1.82) is 0 Å². The van der Waals surface area contributed by atoms with E-state index < -0.39 is 0 Å². The van der Waals surface area contributed by atoms with E-state index in [9.17, 15) is 4.79 Å². The summed E-state index contributed by atoms with van der Waals surface area (Å²) in [6.45, 7) is 2.20. The largest absolute Gasteiger partial charge is 0.463 e. The smallest absolute Gasteiger partial charge is 0.330 e. The number of hydrogen-bond donors (Lipinski definition) is 0. The second-order valence-corrected chi connectivity index (χ2v) is 2.50. The molecular weight excluding hydrogens is 164 g/mol. The number of rotatable bonds is 3. The monoisotopic (exact) mass is 176 g/mol. The number of carbonyl (C=O) groups excluding carboxylic acids is 1. The van der Waals surface area contributed by atoms with Gasteiger partial charge in [0.05, 0.1) is 6.61 Å². The van der Waals surface area contributed by atoms with Gasteiger partial charge in [0.1, 0.15) is 0 Å². The Kier molecular flexibility index (Phi) is 3.76. The van der Waals surface area contributed by atoms with E-state index in [0.717, 1.165) is 5.56 Å². The third-order valence-corrected chi connectivity index (χ3v) is 1.50. The molecule has 0 spiro atoms. The van der Waals surface area contributed by atoms with Crippen molar-refractivity contribution in [3.8, 4) is 0 Å². The third kappa shape index (κ3) is 3.56. The summed E-state index contributed by atoms with van der Waals surface area (Å²) < 4.78 is 4.74. The Hall–Kier alpha value is -1.57. The molecule has 2 nitrogen and oxygen atoms in total. The van der Waals surface area contributed by atoms with Crippen molar-refractivity contribution >= 4 is 12.0 Å². The molecule has 1 rings (SSSR count). The summed E-state index contributed by atoms with van der Waals surface area (Å²) in [4.78, 5) is 10.9. The van der Waals surface area contributed by atoms with Crippen LogP contribution in [0.25, 0.3) is 6.08 Å². The molecule has 68 valence electrons. The first-order valence-electron chi connectivity index (χ1n) is 4.23. The first kappa shape index (κ1) is 9.52. The molecule has 0 bridgehead atoms. The summed E-state index contributed by atoms with van der Waals surface area (Å²) in [5.41, 5.74) is 0.996. The van der Waals surface area contributed by atoms with Gasteiger partial charge in [-0.15, -0.1) is 0 Å². The lowest BCUT2D eigenvalue weighted by molar-refractivity contribution is -0.137. The normalized spacial score (nSPS) is 10.2. The van der Waals surface area contributed by atoms with Gasteiger partial charge in [-0.1, -0.05) is 30.3 Å². The molecule has 1 aromatic carbocycles. The van der Waals surface area contributed by atoms with Gasteiger partial charge in [-0.05, 0) is 18.6 Å². The predicted molar refractivity (Wildman–Crippen MR) is 52.1 cm³/mol. The molecule has 0 aromatic heterocycles. The quantitative estimate of drug-likeness (QED) is 0.521. The van der Waals surface area contributed by atoms with Crippen LogP contribution in [0.15, 0.2) is 36.4 Å². The highest BCUT2D eigenvalue weighted by Gasteiger charge is 1.92. The van der Waals surface area contributed by atoms with E-state index in [0.29, 0.717) is 6.61 Å². The Bertz CT molecular complexity index is 288. The number of ether oxygens (including phenoxy) is 1.